The van der Waals surface area contributed by atoms with Gasteiger partial charge in [-0.2, -0.15) is 0 Å². The molecule has 0 aliphatic heterocycles. The lowest BCUT2D eigenvalue weighted by Gasteiger charge is -2.34. The van der Waals surface area contributed by atoms with E-state index in [0.717, 1.165) is 24.0 Å². The van der Waals surface area contributed by atoms with Crippen molar-refractivity contribution >= 4 is 17.9 Å². The van der Waals surface area contributed by atoms with Gasteiger partial charge in [-0.15, -0.1) is 0 Å². The van der Waals surface area contributed by atoms with Crippen LogP contribution in [0.15, 0.2) is 18.2 Å². The highest BCUT2D eigenvalue weighted by atomic mass is 16.6. The Morgan fingerprint density at radius 3 is 2.31 bits per heavy atom. The molecule has 1 aromatic carbocycles. The van der Waals surface area contributed by atoms with Gasteiger partial charge in [0.2, 0.25) is 11.8 Å². The minimum absolute atomic E-state index is 0.213. The standard InChI is InChI=1S/C24H39N3O5/c1-8-10-13-25-21(29)20(18-12-11-16(3)14-17(18)4)27(9-2)22(30)19(15-28)26-23(31)32-24(5,6)7/h11-12,14,19-20,28H,8-10,13,15H2,1-7H3,(H,25,29)(H,26,31). The summed E-state index contributed by atoms with van der Waals surface area (Å²) in [6.07, 6.45) is 0.943. The molecule has 180 valence electrons. The molecule has 1 rings (SSSR count). The van der Waals surface area contributed by atoms with Gasteiger partial charge in [-0.3, -0.25) is 9.59 Å². The molecule has 0 bridgehead atoms. The number of carbonyl (C=O) groups excluding carboxylic acids is 3. The van der Waals surface area contributed by atoms with Crippen LogP contribution in [0.5, 0.6) is 0 Å². The summed E-state index contributed by atoms with van der Waals surface area (Å²) in [6, 6.07) is 3.58. The first-order chi connectivity index (χ1) is 14.9. The quantitative estimate of drug-likeness (QED) is 0.476. The third-order valence-corrected chi connectivity index (χ3v) is 4.90. The summed E-state index contributed by atoms with van der Waals surface area (Å²) in [5.41, 5.74) is 1.88. The summed E-state index contributed by atoms with van der Waals surface area (Å²) in [6.45, 7) is 12.9. The smallest absolute Gasteiger partial charge is 0.408 e. The van der Waals surface area contributed by atoms with Crippen LogP contribution in [0.3, 0.4) is 0 Å². The van der Waals surface area contributed by atoms with Crippen molar-refractivity contribution in [1.29, 1.82) is 0 Å². The van der Waals surface area contributed by atoms with Gasteiger partial charge in [-0.05, 0) is 59.1 Å². The number of alkyl carbamates (subject to hydrolysis) is 1. The molecule has 0 saturated heterocycles. The number of aryl methyl sites for hydroxylation is 2. The summed E-state index contributed by atoms with van der Waals surface area (Å²) in [4.78, 5) is 40.1. The molecule has 0 aromatic heterocycles. The number of benzene rings is 1. The predicted molar refractivity (Wildman–Crippen MR) is 124 cm³/mol. The zero-order valence-electron chi connectivity index (χ0n) is 20.4. The van der Waals surface area contributed by atoms with Crippen molar-refractivity contribution in [2.24, 2.45) is 0 Å². The molecule has 0 spiro atoms. The average molecular weight is 450 g/mol. The van der Waals surface area contributed by atoms with Gasteiger partial charge >= 0.3 is 6.09 Å². The molecule has 0 saturated carbocycles. The first-order valence-corrected chi connectivity index (χ1v) is 11.2. The van der Waals surface area contributed by atoms with Crippen LogP contribution in [-0.2, 0) is 14.3 Å². The molecule has 0 heterocycles. The Balaban J connectivity index is 3.26. The zero-order valence-corrected chi connectivity index (χ0v) is 20.4. The van der Waals surface area contributed by atoms with Crippen molar-refractivity contribution in [2.75, 3.05) is 19.7 Å². The fourth-order valence-corrected chi connectivity index (χ4v) is 3.37. The summed E-state index contributed by atoms with van der Waals surface area (Å²) < 4.78 is 5.21. The maximum atomic E-state index is 13.3. The summed E-state index contributed by atoms with van der Waals surface area (Å²) in [5.74, 6) is -0.856. The number of ether oxygens (including phenoxy) is 1. The Hall–Kier alpha value is -2.61. The average Bonchev–Trinajstić information content (AvgIpc) is 2.69. The van der Waals surface area contributed by atoms with Gasteiger partial charge in [-0.25, -0.2) is 4.79 Å². The fraction of sp³-hybridized carbons (Fsp3) is 0.625. The third kappa shape index (κ3) is 8.15. The molecule has 2 atom stereocenters. The molecule has 0 aliphatic carbocycles. The second kappa shape index (κ2) is 12.4. The van der Waals surface area contributed by atoms with E-state index in [0.29, 0.717) is 12.1 Å². The van der Waals surface area contributed by atoms with Gasteiger partial charge in [0, 0.05) is 13.1 Å². The highest BCUT2D eigenvalue weighted by molar-refractivity contribution is 5.92. The Morgan fingerprint density at radius 1 is 1.16 bits per heavy atom. The number of hydrogen-bond donors (Lipinski definition) is 3. The van der Waals surface area contributed by atoms with Gasteiger partial charge in [0.1, 0.15) is 17.7 Å². The van der Waals surface area contributed by atoms with Gasteiger partial charge < -0.3 is 25.4 Å². The number of hydrogen-bond acceptors (Lipinski definition) is 5. The van der Waals surface area contributed by atoms with Gasteiger partial charge in [0.25, 0.3) is 0 Å². The Bertz CT molecular complexity index is 788. The van der Waals surface area contributed by atoms with E-state index in [-0.39, 0.29) is 12.5 Å². The minimum atomic E-state index is -1.23. The minimum Gasteiger partial charge on any atom is -0.444 e. The molecule has 32 heavy (non-hydrogen) atoms. The van der Waals surface area contributed by atoms with Crippen molar-refractivity contribution in [2.45, 2.75) is 79.0 Å². The summed E-state index contributed by atoms with van der Waals surface area (Å²) in [7, 11) is 0. The molecule has 1 aromatic rings. The maximum absolute atomic E-state index is 13.3. The number of amides is 3. The van der Waals surface area contributed by atoms with E-state index in [9.17, 15) is 19.5 Å². The lowest BCUT2D eigenvalue weighted by atomic mass is 9.96. The lowest BCUT2D eigenvalue weighted by molar-refractivity contribution is -0.143. The normalized spacial score (nSPS) is 13.1. The molecule has 2 unspecified atom stereocenters. The van der Waals surface area contributed by atoms with E-state index in [2.05, 4.69) is 10.6 Å². The Morgan fingerprint density at radius 2 is 1.81 bits per heavy atom. The van der Waals surface area contributed by atoms with Crippen LogP contribution in [-0.4, -0.2) is 59.3 Å². The number of carbonyl (C=O) groups is 3. The molecule has 0 aliphatic rings. The third-order valence-electron chi connectivity index (χ3n) is 4.90. The molecular weight excluding hydrogens is 410 g/mol. The van der Waals surface area contributed by atoms with E-state index in [1.165, 1.54) is 4.90 Å². The van der Waals surface area contributed by atoms with Gasteiger partial charge in [-0.1, -0.05) is 37.1 Å². The zero-order chi connectivity index (χ0) is 24.5. The first-order valence-electron chi connectivity index (χ1n) is 11.2. The lowest BCUT2D eigenvalue weighted by Crippen LogP contribution is -2.54. The van der Waals surface area contributed by atoms with E-state index in [4.69, 9.17) is 4.74 Å². The highest BCUT2D eigenvalue weighted by Crippen LogP contribution is 2.26. The number of aliphatic hydroxyl groups is 1. The Kier molecular flexibility index (Phi) is 10.7. The van der Waals surface area contributed by atoms with E-state index in [1.807, 2.05) is 39.0 Å². The van der Waals surface area contributed by atoms with Crippen molar-refractivity contribution in [1.82, 2.24) is 15.5 Å². The van der Waals surface area contributed by atoms with Crippen molar-refractivity contribution in [3.63, 3.8) is 0 Å². The van der Waals surface area contributed by atoms with Crippen LogP contribution in [0.25, 0.3) is 0 Å². The van der Waals surface area contributed by atoms with Crippen molar-refractivity contribution in [3.05, 3.63) is 34.9 Å². The summed E-state index contributed by atoms with van der Waals surface area (Å²) in [5, 5.41) is 15.2. The largest absolute Gasteiger partial charge is 0.444 e. The molecule has 0 fully saturated rings. The van der Waals surface area contributed by atoms with Crippen LogP contribution in [0, 0.1) is 13.8 Å². The van der Waals surface area contributed by atoms with Crippen molar-refractivity contribution < 1.29 is 24.2 Å². The number of nitrogens with zero attached hydrogens (tertiary/aromatic N) is 1. The maximum Gasteiger partial charge on any atom is 0.408 e. The van der Waals surface area contributed by atoms with Crippen LogP contribution < -0.4 is 10.6 Å². The van der Waals surface area contributed by atoms with E-state index < -0.39 is 36.3 Å². The van der Waals surface area contributed by atoms with E-state index in [1.54, 1.807) is 27.7 Å². The van der Waals surface area contributed by atoms with Gasteiger partial charge in [0.05, 0.1) is 6.61 Å². The second-order valence-electron chi connectivity index (χ2n) is 8.91. The van der Waals surface area contributed by atoms with Gasteiger partial charge in [0.15, 0.2) is 0 Å². The Labute approximate surface area is 191 Å². The molecule has 3 N–H and O–H groups in total. The van der Waals surface area contributed by atoms with Crippen LogP contribution >= 0.6 is 0 Å². The molecular formula is C24H39N3O5. The fourth-order valence-electron chi connectivity index (χ4n) is 3.37. The topological polar surface area (TPSA) is 108 Å². The number of unbranched alkanes of at least 4 members (excludes halogenated alkanes) is 1. The SMILES string of the molecule is CCCCNC(=O)C(c1ccc(C)cc1C)N(CC)C(=O)C(CO)NC(=O)OC(C)(C)C. The second-order valence-corrected chi connectivity index (χ2v) is 8.91. The van der Waals surface area contributed by atoms with Crippen LogP contribution in [0.4, 0.5) is 4.79 Å². The number of aliphatic hydroxyl groups excluding tert-OH is 1. The number of likely N-dealkylation sites (N-methyl/N-ethyl adjacent to an activating group) is 1. The van der Waals surface area contributed by atoms with Crippen molar-refractivity contribution in [3.8, 4) is 0 Å². The monoisotopic (exact) mass is 449 g/mol. The highest BCUT2D eigenvalue weighted by Gasteiger charge is 2.35. The van der Waals surface area contributed by atoms with Crippen LogP contribution in [0.2, 0.25) is 0 Å². The summed E-state index contributed by atoms with van der Waals surface area (Å²) >= 11 is 0. The molecule has 8 nitrogen and oxygen atoms in total. The number of rotatable bonds is 10. The van der Waals surface area contributed by atoms with E-state index >= 15 is 0 Å². The number of nitrogens with one attached hydrogen (secondary N) is 2. The predicted octanol–water partition coefficient (Wildman–Crippen LogP) is 2.99. The molecule has 0 radical (unpaired) electrons. The molecule has 3 amide bonds. The first kappa shape index (κ1) is 27.4. The molecule has 8 heteroatoms. The van der Waals surface area contributed by atoms with Crippen LogP contribution in [0.1, 0.15) is 70.2 Å².